The molecule has 0 unspecified atom stereocenters. The lowest BCUT2D eigenvalue weighted by Crippen LogP contribution is -2.56. The minimum absolute atomic E-state index is 0.00193. The van der Waals surface area contributed by atoms with Crippen LogP contribution in [0.15, 0.2) is 42.1 Å². The quantitative estimate of drug-likeness (QED) is 0.741. The van der Waals surface area contributed by atoms with Crippen molar-refractivity contribution in [2.24, 2.45) is 0 Å². The molecule has 4 heteroatoms. The Balaban J connectivity index is 2.00. The minimum atomic E-state index is -0.124. The van der Waals surface area contributed by atoms with E-state index < -0.39 is 0 Å². The van der Waals surface area contributed by atoms with Gasteiger partial charge in [0.25, 0.3) is 5.91 Å². The lowest BCUT2D eigenvalue weighted by atomic mass is 9.86. The van der Waals surface area contributed by atoms with Gasteiger partial charge in [0.15, 0.2) is 0 Å². The summed E-state index contributed by atoms with van der Waals surface area (Å²) in [6.45, 7) is 8.55. The summed E-state index contributed by atoms with van der Waals surface area (Å²) in [5, 5.41) is 3.55. The summed E-state index contributed by atoms with van der Waals surface area (Å²) < 4.78 is 0. The zero-order valence-corrected chi connectivity index (χ0v) is 12.6. The third-order valence-electron chi connectivity index (χ3n) is 3.20. The van der Waals surface area contributed by atoms with Gasteiger partial charge in [0.1, 0.15) is 0 Å². The highest BCUT2D eigenvalue weighted by atomic mass is 16.2. The van der Waals surface area contributed by atoms with Gasteiger partial charge >= 0.3 is 0 Å². The van der Waals surface area contributed by atoms with Crippen LogP contribution in [0.25, 0.3) is 0 Å². The van der Waals surface area contributed by atoms with E-state index in [4.69, 9.17) is 0 Å². The van der Waals surface area contributed by atoms with Crippen LogP contribution >= 0.6 is 0 Å². The molecule has 1 aliphatic heterocycles. The van der Waals surface area contributed by atoms with Gasteiger partial charge in [0, 0.05) is 28.8 Å². The maximum absolute atomic E-state index is 12.0. The molecule has 20 heavy (non-hydrogen) atoms. The predicted molar refractivity (Wildman–Crippen MR) is 81.0 cm³/mol. The molecule has 2 rings (SSSR count). The number of hydrazine groups is 1. The molecule has 1 aromatic rings. The summed E-state index contributed by atoms with van der Waals surface area (Å²) in [7, 11) is 0. The van der Waals surface area contributed by atoms with Crippen LogP contribution in [-0.4, -0.2) is 17.0 Å². The molecule has 0 fully saturated rings. The molecule has 0 aromatic heterocycles. The SMILES string of the molecule is CC1(C)C=C(NNC(=O)c2ccccc2)CC(C)(C)N1. The number of rotatable bonds is 3. The van der Waals surface area contributed by atoms with Crippen molar-refractivity contribution in [1.82, 2.24) is 16.2 Å². The molecule has 0 saturated heterocycles. The molecule has 3 N–H and O–H groups in total. The van der Waals surface area contributed by atoms with Crippen molar-refractivity contribution in [3.05, 3.63) is 47.7 Å². The normalized spacial score (nSPS) is 19.9. The van der Waals surface area contributed by atoms with E-state index in [1.165, 1.54) is 0 Å². The Hall–Kier alpha value is -1.81. The number of carbonyl (C=O) groups is 1. The zero-order chi connectivity index (χ0) is 14.8. The van der Waals surface area contributed by atoms with E-state index in [1.54, 1.807) is 12.1 Å². The van der Waals surface area contributed by atoms with E-state index in [2.05, 4.69) is 49.9 Å². The van der Waals surface area contributed by atoms with E-state index in [1.807, 2.05) is 18.2 Å². The van der Waals surface area contributed by atoms with Gasteiger partial charge in [-0.15, -0.1) is 0 Å². The molecule has 4 nitrogen and oxygen atoms in total. The van der Waals surface area contributed by atoms with E-state index >= 15 is 0 Å². The van der Waals surface area contributed by atoms with Crippen molar-refractivity contribution in [2.45, 2.75) is 45.2 Å². The largest absolute Gasteiger partial charge is 0.303 e. The lowest BCUT2D eigenvalue weighted by molar-refractivity contribution is 0.0935. The van der Waals surface area contributed by atoms with Crippen LogP contribution in [-0.2, 0) is 0 Å². The second-order valence-electron chi connectivity index (χ2n) is 6.52. The second-order valence-corrected chi connectivity index (χ2v) is 6.52. The Morgan fingerprint density at radius 3 is 2.40 bits per heavy atom. The molecule has 1 aliphatic rings. The minimum Gasteiger partial charge on any atom is -0.303 e. The molecule has 0 saturated carbocycles. The summed E-state index contributed by atoms with van der Waals surface area (Å²) in [5.74, 6) is -0.124. The van der Waals surface area contributed by atoms with Gasteiger partial charge in [-0.25, -0.2) is 0 Å². The number of hydrogen-bond donors (Lipinski definition) is 3. The van der Waals surface area contributed by atoms with Crippen LogP contribution in [0.2, 0.25) is 0 Å². The summed E-state index contributed by atoms with van der Waals surface area (Å²) in [4.78, 5) is 12.0. The molecule has 0 bridgehead atoms. The highest BCUT2D eigenvalue weighted by Crippen LogP contribution is 2.25. The summed E-state index contributed by atoms with van der Waals surface area (Å²) in [6.07, 6.45) is 2.95. The van der Waals surface area contributed by atoms with Crippen LogP contribution in [0.5, 0.6) is 0 Å². The smallest absolute Gasteiger partial charge is 0.269 e. The van der Waals surface area contributed by atoms with Gasteiger partial charge in [-0.1, -0.05) is 18.2 Å². The number of benzene rings is 1. The molecule has 0 aliphatic carbocycles. The first-order chi connectivity index (χ1) is 9.27. The summed E-state index contributed by atoms with van der Waals surface area (Å²) in [5.41, 5.74) is 7.39. The van der Waals surface area contributed by atoms with Gasteiger partial charge in [-0.05, 0) is 45.9 Å². The van der Waals surface area contributed by atoms with Crippen molar-refractivity contribution in [2.75, 3.05) is 0 Å². The van der Waals surface area contributed by atoms with Crippen molar-refractivity contribution in [3.8, 4) is 0 Å². The molecule has 108 valence electrons. The van der Waals surface area contributed by atoms with Crippen LogP contribution in [0.4, 0.5) is 0 Å². The number of carbonyl (C=O) groups excluding carboxylic acids is 1. The highest BCUT2D eigenvalue weighted by molar-refractivity contribution is 5.93. The van der Waals surface area contributed by atoms with Crippen LogP contribution in [0, 0.1) is 0 Å². The number of nitrogens with one attached hydrogen (secondary N) is 3. The van der Waals surface area contributed by atoms with E-state index in [0.29, 0.717) is 5.56 Å². The van der Waals surface area contributed by atoms with E-state index in [9.17, 15) is 4.79 Å². The predicted octanol–water partition coefficient (Wildman–Crippen LogP) is 2.36. The second kappa shape index (κ2) is 5.29. The average molecular weight is 273 g/mol. The number of amides is 1. The standard InChI is InChI=1S/C16H23N3O/c1-15(2)10-13(11-16(3,4)19-15)17-18-14(20)12-8-6-5-7-9-12/h5-10,17,19H,11H2,1-4H3,(H,18,20). The van der Waals surface area contributed by atoms with Gasteiger partial charge < -0.3 is 10.7 Å². The molecular formula is C16H23N3O. The van der Waals surface area contributed by atoms with Crippen molar-refractivity contribution >= 4 is 5.91 Å². The maximum atomic E-state index is 12.0. The maximum Gasteiger partial charge on any atom is 0.269 e. The third kappa shape index (κ3) is 3.84. The lowest BCUT2D eigenvalue weighted by Gasteiger charge is -2.41. The zero-order valence-electron chi connectivity index (χ0n) is 12.6. The average Bonchev–Trinajstić information content (AvgIpc) is 2.33. The van der Waals surface area contributed by atoms with E-state index in [0.717, 1.165) is 12.1 Å². The van der Waals surface area contributed by atoms with Crippen LogP contribution in [0.1, 0.15) is 44.5 Å². The summed E-state index contributed by atoms with van der Waals surface area (Å²) in [6, 6.07) is 9.18. The van der Waals surface area contributed by atoms with Crippen molar-refractivity contribution in [3.63, 3.8) is 0 Å². The molecular weight excluding hydrogens is 250 g/mol. The first-order valence-corrected chi connectivity index (χ1v) is 6.90. The number of hydrogen-bond acceptors (Lipinski definition) is 3. The molecule has 1 aromatic carbocycles. The van der Waals surface area contributed by atoms with Crippen molar-refractivity contribution < 1.29 is 4.79 Å². The Bertz CT molecular complexity index is 518. The van der Waals surface area contributed by atoms with Crippen molar-refractivity contribution in [1.29, 1.82) is 0 Å². The van der Waals surface area contributed by atoms with Gasteiger partial charge in [-0.3, -0.25) is 10.2 Å². The Labute approximate surface area is 120 Å². The van der Waals surface area contributed by atoms with Gasteiger partial charge in [-0.2, -0.15) is 0 Å². The molecule has 1 heterocycles. The molecule has 0 atom stereocenters. The Morgan fingerprint density at radius 1 is 1.15 bits per heavy atom. The first kappa shape index (κ1) is 14.6. The fraction of sp³-hybridized carbons (Fsp3) is 0.438. The topological polar surface area (TPSA) is 53.2 Å². The summed E-state index contributed by atoms with van der Waals surface area (Å²) >= 11 is 0. The fourth-order valence-electron chi connectivity index (χ4n) is 2.79. The molecule has 0 spiro atoms. The fourth-order valence-corrected chi connectivity index (χ4v) is 2.79. The van der Waals surface area contributed by atoms with Gasteiger partial charge in [0.2, 0.25) is 0 Å². The monoisotopic (exact) mass is 273 g/mol. The molecule has 1 amide bonds. The third-order valence-corrected chi connectivity index (χ3v) is 3.20. The van der Waals surface area contributed by atoms with Gasteiger partial charge in [0.05, 0.1) is 0 Å². The Kier molecular flexibility index (Phi) is 3.86. The molecule has 0 radical (unpaired) electrons. The first-order valence-electron chi connectivity index (χ1n) is 6.90. The van der Waals surface area contributed by atoms with E-state index in [-0.39, 0.29) is 17.0 Å². The van der Waals surface area contributed by atoms with Crippen LogP contribution in [0.3, 0.4) is 0 Å². The van der Waals surface area contributed by atoms with Crippen LogP contribution < -0.4 is 16.2 Å². The Morgan fingerprint density at radius 2 is 1.80 bits per heavy atom. The highest BCUT2D eigenvalue weighted by Gasteiger charge is 2.32.